The molecule has 2 aromatic rings. The fraction of sp³-hybridized carbons (Fsp3) is 0.474. The summed E-state index contributed by atoms with van der Waals surface area (Å²) in [5.41, 5.74) is 1.69. The lowest BCUT2D eigenvalue weighted by Gasteiger charge is -2.30. The van der Waals surface area contributed by atoms with Crippen LogP contribution >= 0.6 is 11.3 Å². The molecule has 0 saturated carbocycles. The highest BCUT2D eigenvalue weighted by Gasteiger charge is 2.45. The van der Waals surface area contributed by atoms with Gasteiger partial charge in [-0.25, -0.2) is 4.79 Å². The second kappa shape index (κ2) is 9.94. The van der Waals surface area contributed by atoms with Crippen LogP contribution in [0.3, 0.4) is 0 Å². The number of nitrogens with one attached hydrogen (secondary N) is 2. The molecule has 8 nitrogen and oxygen atoms in total. The predicted molar refractivity (Wildman–Crippen MR) is 107 cm³/mol. The van der Waals surface area contributed by atoms with Gasteiger partial charge in [0.05, 0.1) is 24.4 Å². The van der Waals surface area contributed by atoms with Crippen LogP contribution < -0.4 is 10.6 Å². The van der Waals surface area contributed by atoms with E-state index in [1.165, 1.54) is 11.3 Å². The highest BCUT2D eigenvalue weighted by Crippen LogP contribution is 2.25. The maximum Gasteiger partial charge on any atom is 0.319 e. The van der Waals surface area contributed by atoms with Crippen molar-refractivity contribution < 1.29 is 19.7 Å². The van der Waals surface area contributed by atoms with Crippen molar-refractivity contribution in [2.24, 2.45) is 0 Å². The van der Waals surface area contributed by atoms with Crippen LogP contribution in [0.2, 0.25) is 0 Å². The Kier molecular flexibility index (Phi) is 7.35. The first-order chi connectivity index (χ1) is 13.6. The average Bonchev–Trinajstić information content (AvgIpc) is 3.32. The first-order valence-electron chi connectivity index (χ1n) is 9.20. The minimum atomic E-state index is -0.842. The van der Waals surface area contributed by atoms with E-state index in [-0.39, 0.29) is 25.2 Å². The number of carbonyl (C=O) groups excluding carboxylic acids is 1. The summed E-state index contributed by atoms with van der Waals surface area (Å²) in [5.74, 6) is 0. The van der Waals surface area contributed by atoms with E-state index in [1.54, 1.807) is 6.20 Å². The van der Waals surface area contributed by atoms with E-state index >= 15 is 0 Å². The number of aromatic nitrogens is 1. The summed E-state index contributed by atoms with van der Waals surface area (Å²) in [4.78, 5) is 18.4. The van der Waals surface area contributed by atoms with Crippen molar-refractivity contribution in [3.63, 3.8) is 0 Å². The molecule has 0 unspecified atom stereocenters. The number of thiophene rings is 1. The zero-order valence-electron chi connectivity index (χ0n) is 15.7. The monoisotopic (exact) mass is 406 g/mol. The normalized spacial score (nSPS) is 24.4. The van der Waals surface area contributed by atoms with Gasteiger partial charge in [-0.2, -0.15) is 11.3 Å². The highest BCUT2D eigenvalue weighted by molar-refractivity contribution is 7.08. The molecule has 2 aromatic heterocycles. The number of ether oxygens (including phenoxy) is 1. The number of amides is 2. The Bertz CT molecular complexity index is 731. The summed E-state index contributed by atoms with van der Waals surface area (Å²) < 4.78 is 5.80. The van der Waals surface area contributed by atoms with E-state index in [4.69, 9.17) is 4.74 Å². The largest absolute Gasteiger partial charge is 0.394 e. The first-order valence-corrected chi connectivity index (χ1v) is 10.1. The molecule has 28 heavy (non-hydrogen) atoms. The summed E-state index contributed by atoms with van der Waals surface area (Å²) in [7, 11) is 1.90. The van der Waals surface area contributed by atoms with Gasteiger partial charge in [0.2, 0.25) is 0 Å². The molecule has 1 fully saturated rings. The minimum Gasteiger partial charge on any atom is -0.394 e. The van der Waals surface area contributed by atoms with Crippen LogP contribution in [0.25, 0.3) is 0 Å². The van der Waals surface area contributed by atoms with E-state index in [9.17, 15) is 15.0 Å². The number of aliphatic hydroxyl groups excluding tert-OH is 2. The summed E-state index contributed by atoms with van der Waals surface area (Å²) in [5, 5.41) is 29.3. The standard InChI is InChI=1S/C19H26N4O4S/c1-23(8-5-13-4-2-3-7-20-13)17-15(27-16(11-24)18(17)25)10-21-19(26)22-14-6-9-28-12-14/h2-4,6-7,9,12,15-18,24-25H,5,8,10-11H2,1H3,(H2,21,22,26)/t15-,16+,17+,18-/m1/s1. The van der Waals surface area contributed by atoms with Crippen LogP contribution in [-0.2, 0) is 11.2 Å². The van der Waals surface area contributed by atoms with E-state index in [0.29, 0.717) is 6.54 Å². The van der Waals surface area contributed by atoms with Gasteiger partial charge in [0.15, 0.2) is 0 Å². The maximum absolute atomic E-state index is 12.1. The fourth-order valence-corrected chi connectivity index (χ4v) is 3.97. The lowest BCUT2D eigenvalue weighted by Crippen LogP contribution is -2.50. The topological polar surface area (TPSA) is 107 Å². The Morgan fingerprint density at radius 3 is 2.89 bits per heavy atom. The van der Waals surface area contributed by atoms with Crippen molar-refractivity contribution in [1.29, 1.82) is 0 Å². The fourth-order valence-electron chi connectivity index (χ4n) is 3.38. The van der Waals surface area contributed by atoms with Crippen molar-refractivity contribution in [2.75, 3.05) is 32.1 Å². The van der Waals surface area contributed by atoms with Gasteiger partial charge < -0.3 is 25.6 Å². The lowest BCUT2D eigenvalue weighted by atomic mass is 10.0. The number of urea groups is 1. The van der Waals surface area contributed by atoms with Crippen molar-refractivity contribution in [3.8, 4) is 0 Å². The van der Waals surface area contributed by atoms with Gasteiger partial charge in [-0.3, -0.25) is 9.88 Å². The van der Waals surface area contributed by atoms with E-state index < -0.39 is 18.3 Å². The Labute approximate surface area is 168 Å². The van der Waals surface area contributed by atoms with Gasteiger partial charge in [0.25, 0.3) is 0 Å². The number of carbonyl (C=O) groups is 1. The third-order valence-corrected chi connectivity index (χ3v) is 5.52. The van der Waals surface area contributed by atoms with Gasteiger partial charge in [-0.15, -0.1) is 0 Å². The Morgan fingerprint density at radius 2 is 2.21 bits per heavy atom. The van der Waals surface area contributed by atoms with Crippen molar-refractivity contribution in [3.05, 3.63) is 46.9 Å². The molecule has 1 aliphatic heterocycles. The molecule has 0 aromatic carbocycles. The molecule has 3 heterocycles. The molecule has 9 heteroatoms. The molecule has 1 aliphatic rings. The quantitative estimate of drug-likeness (QED) is 0.520. The van der Waals surface area contributed by atoms with E-state index in [0.717, 1.165) is 17.8 Å². The lowest BCUT2D eigenvalue weighted by molar-refractivity contribution is -0.0205. The molecular weight excluding hydrogens is 380 g/mol. The molecule has 0 spiro atoms. The van der Waals surface area contributed by atoms with Gasteiger partial charge in [0, 0.05) is 36.8 Å². The molecule has 2 amide bonds. The molecule has 152 valence electrons. The Hall–Kier alpha value is -2.04. The summed E-state index contributed by atoms with van der Waals surface area (Å²) in [6, 6.07) is 6.91. The van der Waals surface area contributed by atoms with Gasteiger partial charge >= 0.3 is 6.03 Å². The summed E-state index contributed by atoms with van der Waals surface area (Å²) in [6.45, 7) is 0.614. The number of hydrogen-bond donors (Lipinski definition) is 4. The maximum atomic E-state index is 12.1. The summed E-state index contributed by atoms with van der Waals surface area (Å²) in [6.07, 6.45) is 0.528. The molecule has 0 aliphatic carbocycles. The van der Waals surface area contributed by atoms with E-state index in [1.807, 2.05) is 47.0 Å². The summed E-state index contributed by atoms with van der Waals surface area (Å²) >= 11 is 1.50. The van der Waals surface area contributed by atoms with Gasteiger partial charge in [-0.1, -0.05) is 6.07 Å². The molecule has 0 radical (unpaired) electrons. The molecule has 0 bridgehead atoms. The third-order valence-electron chi connectivity index (χ3n) is 4.84. The van der Waals surface area contributed by atoms with Crippen LogP contribution in [0, 0.1) is 0 Å². The minimum absolute atomic E-state index is 0.224. The molecule has 3 rings (SSSR count). The Balaban J connectivity index is 1.56. The zero-order valence-corrected chi connectivity index (χ0v) is 16.5. The van der Waals surface area contributed by atoms with E-state index in [2.05, 4.69) is 15.6 Å². The SMILES string of the molecule is CN(CCc1ccccn1)[C@@H]1[C@H](O)[C@H](CO)O[C@@H]1CNC(=O)Nc1ccsc1. The number of hydrogen-bond acceptors (Lipinski definition) is 7. The van der Waals surface area contributed by atoms with Gasteiger partial charge in [0.1, 0.15) is 12.2 Å². The van der Waals surface area contributed by atoms with Gasteiger partial charge in [-0.05, 0) is 30.6 Å². The van der Waals surface area contributed by atoms with Crippen LogP contribution in [0.1, 0.15) is 5.69 Å². The zero-order chi connectivity index (χ0) is 19.9. The molecule has 4 N–H and O–H groups in total. The number of pyridine rings is 1. The number of aliphatic hydroxyl groups is 2. The molecule has 4 atom stereocenters. The third kappa shape index (κ3) is 5.27. The average molecular weight is 407 g/mol. The number of likely N-dealkylation sites (N-methyl/N-ethyl adjacent to an activating group) is 1. The smallest absolute Gasteiger partial charge is 0.319 e. The molecule has 1 saturated heterocycles. The number of rotatable bonds is 8. The van der Waals surface area contributed by atoms with Crippen molar-refractivity contribution in [1.82, 2.24) is 15.2 Å². The van der Waals surface area contributed by atoms with Crippen LogP contribution in [0.15, 0.2) is 41.2 Å². The number of nitrogens with zero attached hydrogens (tertiary/aromatic N) is 2. The van der Waals surface area contributed by atoms with Crippen LogP contribution in [0.4, 0.5) is 10.5 Å². The second-order valence-electron chi connectivity index (χ2n) is 6.78. The van der Waals surface area contributed by atoms with Crippen LogP contribution in [0.5, 0.6) is 0 Å². The predicted octanol–water partition coefficient (Wildman–Crippen LogP) is 0.928. The Morgan fingerprint density at radius 1 is 1.36 bits per heavy atom. The highest BCUT2D eigenvalue weighted by atomic mass is 32.1. The van der Waals surface area contributed by atoms with Crippen LogP contribution in [-0.4, -0.2) is 77.2 Å². The molecular formula is C19H26N4O4S. The first kappa shape index (κ1) is 20.7. The number of anilines is 1. The van der Waals surface area contributed by atoms with Crippen molar-refractivity contribution in [2.45, 2.75) is 30.8 Å². The second-order valence-corrected chi connectivity index (χ2v) is 7.56. The van der Waals surface area contributed by atoms with Crippen molar-refractivity contribution >= 4 is 23.1 Å².